The molecule has 2 aromatic rings. The van der Waals surface area contributed by atoms with E-state index in [4.69, 9.17) is 5.11 Å². The minimum Gasteiger partial charge on any atom is -0.481 e. The summed E-state index contributed by atoms with van der Waals surface area (Å²) < 4.78 is 1.61. The molecule has 126 valence electrons. The Kier molecular flexibility index (Phi) is 4.88. The third-order valence-corrected chi connectivity index (χ3v) is 4.30. The molecule has 3 rings (SSSR count). The van der Waals surface area contributed by atoms with Crippen LogP contribution in [0.15, 0.2) is 36.8 Å². The van der Waals surface area contributed by atoms with E-state index in [1.807, 2.05) is 4.90 Å². The molecule has 3 heterocycles. The van der Waals surface area contributed by atoms with Crippen molar-refractivity contribution in [1.82, 2.24) is 19.7 Å². The van der Waals surface area contributed by atoms with Crippen LogP contribution in [-0.2, 0) is 4.79 Å². The Hall–Kier alpha value is -2.70. The van der Waals surface area contributed by atoms with Crippen LogP contribution in [0.3, 0.4) is 0 Å². The molecule has 0 bridgehead atoms. The molecule has 0 saturated carbocycles. The van der Waals surface area contributed by atoms with Crippen LogP contribution in [-0.4, -0.2) is 49.7 Å². The summed E-state index contributed by atoms with van der Waals surface area (Å²) in [6.07, 6.45) is 7.71. The monoisotopic (exact) mass is 328 g/mol. The Labute approximate surface area is 139 Å². The van der Waals surface area contributed by atoms with E-state index < -0.39 is 5.97 Å². The van der Waals surface area contributed by atoms with Gasteiger partial charge in [0.05, 0.1) is 0 Å². The van der Waals surface area contributed by atoms with E-state index in [9.17, 15) is 9.59 Å². The number of carboxylic acid groups (broad SMARTS) is 1. The minimum atomic E-state index is -0.781. The molecule has 0 radical (unpaired) electrons. The van der Waals surface area contributed by atoms with E-state index in [0.717, 1.165) is 12.8 Å². The first-order valence-corrected chi connectivity index (χ1v) is 8.10. The van der Waals surface area contributed by atoms with E-state index in [-0.39, 0.29) is 18.2 Å². The Balaban J connectivity index is 1.69. The summed E-state index contributed by atoms with van der Waals surface area (Å²) in [6.45, 7) is 1.33. The topological polar surface area (TPSA) is 88.3 Å². The molecule has 1 fully saturated rings. The van der Waals surface area contributed by atoms with Crippen molar-refractivity contribution in [2.45, 2.75) is 25.7 Å². The summed E-state index contributed by atoms with van der Waals surface area (Å²) in [5.41, 5.74) is 0.578. The van der Waals surface area contributed by atoms with Crippen LogP contribution in [0, 0.1) is 5.92 Å². The highest BCUT2D eigenvalue weighted by Gasteiger charge is 2.25. The highest BCUT2D eigenvalue weighted by atomic mass is 16.4. The van der Waals surface area contributed by atoms with Gasteiger partial charge in [-0.25, -0.2) is 9.67 Å². The first kappa shape index (κ1) is 16.2. The molecule has 7 heteroatoms. The fourth-order valence-electron chi connectivity index (χ4n) is 3.08. The van der Waals surface area contributed by atoms with Gasteiger partial charge in [-0.1, -0.05) is 0 Å². The molecule has 1 amide bonds. The summed E-state index contributed by atoms with van der Waals surface area (Å²) in [7, 11) is 0. The lowest BCUT2D eigenvalue weighted by Crippen LogP contribution is -2.40. The molecule has 1 aliphatic heterocycles. The zero-order valence-corrected chi connectivity index (χ0v) is 13.3. The second-order valence-electron chi connectivity index (χ2n) is 6.05. The smallest absolute Gasteiger partial charge is 0.303 e. The van der Waals surface area contributed by atoms with E-state index in [2.05, 4.69) is 10.1 Å². The van der Waals surface area contributed by atoms with Crippen LogP contribution < -0.4 is 0 Å². The number of carboxylic acids is 1. The average Bonchev–Trinajstić information content (AvgIpc) is 3.14. The van der Waals surface area contributed by atoms with Crippen molar-refractivity contribution in [3.8, 4) is 5.82 Å². The third kappa shape index (κ3) is 3.79. The van der Waals surface area contributed by atoms with E-state index in [1.54, 1.807) is 41.5 Å². The molecule has 1 saturated heterocycles. The maximum atomic E-state index is 12.8. The van der Waals surface area contributed by atoms with Crippen LogP contribution in [0.2, 0.25) is 0 Å². The van der Waals surface area contributed by atoms with Crippen LogP contribution in [0.1, 0.15) is 36.0 Å². The number of hydrogen-bond donors (Lipinski definition) is 1. The number of rotatable bonds is 5. The first-order chi connectivity index (χ1) is 11.6. The molecule has 1 unspecified atom stereocenters. The van der Waals surface area contributed by atoms with Crippen molar-refractivity contribution in [3.05, 3.63) is 42.4 Å². The number of likely N-dealkylation sites (tertiary alicyclic amines) is 1. The Morgan fingerprint density at radius 2 is 2.21 bits per heavy atom. The van der Waals surface area contributed by atoms with Gasteiger partial charge in [-0.15, -0.1) is 0 Å². The Morgan fingerprint density at radius 3 is 2.96 bits per heavy atom. The maximum Gasteiger partial charge on any atom is 0.303 e. The summed E-state index contributed by atoms with van der Waals surface area (Å²) in [6, 6.07) is 5.24. The third-order valence-electron chi connectivity index (χ3n) is 4.30. The minimum absolute atomic E-state index is 0.0363. The van der Waals surface area contributed by atoms with Gasteiger partial charge in [0.25, 0.3) is 5.91 Å². The number of amides is 1. The molecule has 0 aromatic carbocycles. The fourth-order valence-corrected chi connectivity index (χ4v) is 3.08. The van der Waals surface area contributed by atoms with Crippen LogP contribution in [0.25, 0.3) is 5.82 Å². The molecule has 1 aliphatic rings. The predicted octanol–water partition coefficient (Wildman–Crippen LogP) is 1.98. The summed E-state index contributed by atoms with van der Waals surface area (Å²) in [4.78, 5) is 29.5. The number of hydrogen-bond acceptors (Lipinski definition) is 4. The van der Waals surface area contributed by atoms with E-state index in [1.165, 1.54) is 0 Å². The fraction of sp³-hybridized carbons (Fsp3) is 0.412. The second kappa shape index (κ2) is 7.25. The molecule has 24 heavy (non-hydrogen) atoms. The van der Waals surface area contributed by atoms with Crippen LogP contribution >= 0.6 is 0 Å². The number of pyridine rings is 1. The SMILES string of the molecule is O=C(O)CCC1CCCN(C(=O)c2ccnc(-n3cccn3)c2)C1. The van der Waals surface area contributed by atoms with Crippen molar-refractivity contribution in [1.29, 1.82) is 0 Å². The number of aromatic nitrogens is 3. The first-order valence-electron chi connectivity index (χ1n) is 8.10. The van der Waals surface area contributed by atoms with Crippen LogP contribution in [0.4, 0.5) is 0 Å². The molecule has 1 atom stereocenters. The summed E-state index contributed by atoms with van der Waals surface area (Å²) in [5, 5.41) is 12.9. The van der Waals surface area contributed by atoms with Gasteiger partial charge in [0.2, 0.25) is 0 Å². The van der Waals surface area contributed by atoms with Gasteiger partial charge < -0.3 is 10.0 Å². The quantitative estimate of drug-likeness (QED) is 0.906. The normalized spacial score (nSPS) is 17.7. The molecule has 1 N–H and O–H groups in total. The highest BCUT2D eigenvalue weighted by Crippen LogP contribution is 2.22. The van der Waals surface area contributed by atoms with E-state index >= 15 is 0 Å². The number of nitrogens with zero attached hydrogens (tertiary/aromatic N) is 4. The maximum absolute atomic E-state index is 12.8. The number of carbonyl (C=O) groups excluding carboxylic acids is 1. The Bertz CT molecular complexity index is 714. The number of piperidine rings is 1. The van der Waals surface area contributed by atoms with Crippen molar-refractivity contribution in [2.75, 3.05) is 13.1 Å². The molecule has 2 aromatic heterocycles. The van der Waals surface area contributed by atoms with Gasteiger partial charge >= 0.3 is 5.97 Å². The second-order valence-corrected chi connectivity index (χ2v) is 6.05. The van der Waals surface area contributed by atoms with Gasteiger partial charge in [0, 0.05) is 43.7 Å². The lowest BCUT2D eigenvalue weighted by atomic mass is 9.93. The largest absolute Gasteiger partial charge is 0.481 e. The van der Waals surface area contributed by atoms with Gasteiger partial charge in [-0.2, -0.15) is 5.10 Å². The lowest BCUT2D eigenvalue weighted by Gasteiger charge is -2.32. The Morgan fingerprint density at radius 1 is 1.33 bits per heavy atom. The molecule has 7 nitrogen and oxygen atoms in total. The van der Waals surface area contributed by atoms with Crippen molar-refractivity contribution < 1.29 is 14.7 Å². The number of aliphatic carboxylic acids is 1. The zero-order chi connectivity index (χ0) is 16.9. The zero-order valence-electron chi connectivity index (χ0n) is 13.3. The summed E-state index contributed by atoms with van der Waals surface area (Å²) in [5.74, 6) is 0.0405. The van der Waals surface area contributed by atoms with E-state index in [0.29, 0.717) is 30.9 Å². The van der Waals surface area contributed by atoms with Gasteiger partial charge in [-0.3, -0.25) is 9.59 Å². The molecular formula is C17H20N4O3. The van der Waals surface area contributed by atoms with Gasteiger partial charge in [-0.05, 0) is 43.4 Å². The highest BCUT2D eigenvalue weighted by molar-refractivity contribution is 5.94. The van der Waals surface area contributed by atoms with Crippen molar-refractivity contribution in [2.24, 2.45) is 5.92 Å². The van der Waals surface area contributed by atoms with Gasteiger partial charge in [0.15, 0.2) is 5.82 Å². The number of carbonyl (C=O) groups is 2. The molecule has 0 aliphatic carbocycles. The standard InChI is InChI=1S/C17H20N4O3/c22-16(23)5-4-13-3-1-9-20(12-13)17(24)14-6-8-18-15(11-14)21-10-2-7-19-21/h2,6-8,10-11,13H,1,3-5,9,12H2,(H,22,23). The average molecular weight is 328 g/mol. The lowest BCUT2D eigenvalue weighted by molar-refractivity contribution is -0.137. The van der Waals surface area contributed by atoms with Crippen molar-refractivity contribution >= 4 is 11.9 Å². The summed E-state index contributed by atoms with van der Waals surface area (Å²) >= 11 is 0. The molecule has 0 spiro atoms. The molecular weight excluding hydrogens is 308 g/mol. The van der Waals surface area contributed by atoms with Gasteiger partial charge in [0.1, 0.15) is 0 Å². The van der Waals surface area contributed by atoms with Crippen molar-refractivity contribution in [3.63, 3.8) is 0 Å². The van der Waals surface area contributed by atoms with Crippen LogP contribution in [0.5, 0.6) is 0 Å². The predicted molar refractivity (Wildman–Crippen MR) is 86.9 cm³/mol.